The van der Waals surface area contributed by atoms with Gasteiger partial charge in [0.1, 0.15) is 18.0 Å². The van der Waals surface area contributed by atoms with Gasteiger partial charge in [0.2, 0.25) is 5.95 Å². The number of methoxy groups -OCH3 is 1. The number of aromatic nitrogens is 2. The van der Waals surface area contributed by atoms with Crippen molar-refractivity contribution in [2.75, 3.05) is 31.6 Å². The Bertz CT molecular complexity index is 1530. The molecular formula is C34H42N4O5. The molecule has 0 unspecified atom stereocenters. The third-order valence-electron chi connectivity index (χ3n) is 8.39. The molecule has 1 amide bonds. The first-order chi connectivity index (χ1) is 20.4. The second-order valence-corrected chi connectivity index (χ2v) is 12.8. The molecular weight excluding hydrogens is 544 g/mol. The molecule has 2 aliphatic rings. The number of hydrogen-bond acceptors (Lipinski definition) is 8. The molecule has 2 aromatic carbocycles. The molecule has 0 aliphatic carbocycles. The van der Waals surface area contributed by atoms with Gasteiger partial charge in [0.05, 0.1) is 18.2 Å². The van der Waals surface area contributed by atoms with E-state index in [4.69, 9.17) is 19.2 Å². The lowest BCUT2D eigenvalue weighted by Gasteiger charge is -2.32. The fourth-order valence-corrected chi connectivity index (χ4v) is 5.92. The maximum atomic E-state index is 12.6. The lowest BCUT2D eigenvalue weighted by Crippen LogP contribution is -2.40. The number of fused-ring (bicyclic) bond motifs is 1. The number of ether oxygens (including phenoxy) is 3. The van der Waals surface area contributed by atoms with E-state index in [1.54, 1.807) is 11.1 Å². The van der Waals surface area contributed by atoms with E-state index in [1.165, 1.54) is 18.2 Å². The van der Waals surface area contributed by atoms with Gasteiger partial charge in [-0.2, -0.15) is 0 Å². The van der Waals surface area contributed by atoms with Crippen LogP contribution in [0.2, 0.25) is 0 Å². The summed E-state index contributed by atoms with van der Waals surface area (Å²) in [6.07, 6.45) is 2.95. The Balaban J connectivity index is 1.33. The van der Waals surface area contributed by atoms with E-state index < -0.39 is 11.0 Å². The summed E-state index contributed by atoms with van der Waals surface area (Å²) in [4.78, 5) is 38.2. The molecule has 3 heterocycles. The Morgan fingerprint density at radius 1 is 1.07 bits per heavy atom. The van der Waals surface area contributed by atoms with Gasteiger partial charge in [-0.3, -0.25) is 4.79 Å². The first-order valence-electron chi connectivity index (χ1n) is 14.9. The molecule has 1 fully saturated rings. The van der Waals surface area contributed by atoms with Crippen molar-refractivity contribution < 1.29 is 23.8 Å². The lowest BCUT2D eigenvalue weighted by molar-refractivity contribution is -0.150. The molecule has 0 saturated carbocycles. The minimum Gasteiger partial charge on any atom is -0.488 e. The third kappa shape index (κ3) is 6.45. The second-order valence-electron chi connectivity index (χ2n) is 12.8. The minimum atomic E-state index is -0.577. The number of para-hydroxylation sites is 1. The summed E-state index contributed by atoms with van der Waals surface area (Å²) in [5.41, 5.74) is 6.31. The highest BCUT2D eigenvalue weighted by Gasteiger charge is 2.42. The summed E-state index contributed by atoms with van der Waals surface area (Å²) < 4.78 is 17.1. The maximum absolute atomic E-state index is 12.6. The fraction of sp³-hybridized carbons (Fsp3) is 0.471. The molecule has 2 aliphatic heterocycles. The summed E-state index contributed by atoms with van der Waals surface area (Å²) >= 11 is 0. The molecule has 5 rings (SSSR count). The van der Waals surface area contributed by atoms with E-state index in [-0.39, 0.29) is 12.1 Å². The summed E-state index contributed by atoms with van der Waals surface area (Å²) in [6, 6.07) is 12.1. The van der Waals surface area contributed by atoms with Gasteiger partial charge >= 0.3 is 12.1 Å². The number of amides is 1. The van der Waals surface area contributed by atoms with Crippen molar-refractivity contribution in [2.45, 2.75) is 73.1 Å². The van der Waals surface area contributed by atoms with Crippen molar-refractivity contribution in [1.29, 1.82) is 0 Å². The van der Waals surface area contributed by atoms with Crippen LogP contribution in [0.15, 0.2) is 42.6 Å². The van der Waals surface area contributed by atoms with Gasteiger partial charge in [0.25, 0.3) is 0 Å². The van der Waals surface area contributed by atoms with Crippen molar-refractivity contribution >= 4 is 18.0 Å². The quantitative estimate of drug-likeness (QED) is 0.324. The van der Waals surface area contributed by atoms with E-state index in [1.807, 2.05) is 63.8 Å². The highest BCUT2D eigenvalue weighted by Crippen LogP contribution is 2.36. The molecule has 0 N–H and O–H groups in total. The van der Waals surface area contributed by atoms with Gasteiger partial charge in [-0.25, -0.2) is 14.8 Å². The number of anilines is 1. The van der Waals surface area contributed by atoms with Gasteiger partial charge in [0.15, 0.2) is 0 Å². The lowest BCUT2D eigenvalue weighted by atomic mass is 9.90. The second kappa shape index (κ2) is 11.9. The number of nitrogens with zero attached hydrogens (tertiary/aromatic N) is 4. The average Bonchev–Trinajstić information content (AvgIpc) is 3.39. The number of benzene rings is 2. The van der Waals surface area contributed by atoms with Crippen molar-refractivity contribution in [3.05, 3.63) is 70.4 Å². The molecule has 43 heavy (non-hydrogen) atoms. The van der Waals surface area contributed by atoms with Crippen LogP contribution in [0.4, 0.5) is 10.7 Å². The number of rotatable bonds is 6. The molecule has 9 nitrogen and oxygen atoms in total. The van der Waals surface area contributed by atoms with Crippen molar-refractivity contribution in [3.8, 4) is 17.0 Å². The molecule has 0 spiro atoms. The molecule has 0 radical (unpaired) electrons. The highest BCUT2D eigenvalue weighted by molar-refractivity contribution is 5.78. The normalized spacial score (nSPS) is 18.3. The van der Waals surface area contributed by atoms with E-state index in [0.717, 1.165) is 40.1 Å². The summed E-state index contributed by atoms with van der Waals surface area (Å²) in [7, 11) is 1.43. The molecule has 3 aromatic rings. The smallest absolute Gasteiger partial charge is 0.410 e. The Labute approximate surface area is 254 Å². The number of aryl methyl sites for hydroxylation is 1. The summed E-state index contributed by atoms with van der Waals surface area (Å²) in [5, 5.41) is 0. The zero-order valence-corrected chi connectivity index (χ0v) is 26.3. The SMILES string of the molecule is COC(=O)[C@]1(C)CCN(c2nccc(-c3cccc(C)c3OCc3ccc4c(c3C)CCN(C(=O)OC(C)(C)C)C4)n2)C1. The van der Waals surface area contributed by atoms with Gasteiger partial charge in [-0.1, -0.05) is 24.3 Å². The molecule has 1 saturated heterocycles. The zero-order valence-electron chi connectivity index (χ0n) is 26.3. The average molecular weight is 587 g/mol. The van der Waals surface area contributed by atoms with Gasteiger partial charge < -0.3 is 24.0 Å². The fourth-order valence-electron chi connectivity index (χ4n) is 5.92. The standard InChI is InChI=1S/C34H42N4O5/c1-22-9-8-10-27(28-13-16-35-31(36-28)38-18-15-34(6,21-38)30(39)41-7)29(22)42-20-25-12-11-24-19-37(17-14-26(24)23(25)2)32(40)43-33(3,4)5/h8-13,16H,14-15,17-21H2,1-7H3/t34-/m1/s1. The molecule has 0 bridgehead atoms. The van der Waals surface area contributed by atoms with Crippen molar-refractivity contribution in [2.24, 2.45) is 5.41 Å². The van der Waals surface area contributed by atoms with Crippen LogP contribution in [-0.4, -0.2) is 59.3 Å². The highest BCUT2D eigenvalue weighted by atomic mass is 16.6. The van der Waals surface area contributed by atoms with E-state index in [2.05, 4.69) is 24.0 Å². The van der Waals surface area contributed by atoms with E-state index in [0.29, 0.717) is 45.2 Å². The monoisotopic (exact) mass is 586 g/mol. The maximum Gasteiger partial charge on any atom is 0.410 e. The summed E-state index contributed by atoms with van der Waals surface area (Å²) in [5.74, 6) is 1.16. The van der Waals surface area contributed by atoms with Crippen LogP contribution in [0.3, 0.4) is 0 Å². The van der Waals surface area contributed by atoms with Crippen molar-refractivity contribution in [1.82, 2.24) is 14.9 Å². The number of carbonyl (C=O) groups excluding carboxylic acids is 2. The summed E-state index contributed by atoms with van der Waals surface area (Å²) in [6.45, 7) is 14.5. The first-order valence-corrected chi connectivity index (χ1v) is 14.9. The van der Waals surface area contributed by atoms with Crippen LogP contribution in [0, 0.1) is 19.3 Å². The Hall–Kier alpha value is -4.14. The van der Waals surface area contributed by atoms with Gasteiger partial charge in [-0.05, 0) is 94.3 Å². The van der Waals surface area contributed by atoms with Crippen molar-refractivity contribution in [3.63, 3.8) is 0 Å². The van der Waals surface area contributed by atoms with Crippen LogP contribution in [-0.2, 0) is 33.8 Å². The van der Waals surface area contributed by atoms with Crippen LogP contribution in [0.25, 0.3) is 11.3 Å². The number of esters is 1. The van der Waals surface area contributed by atoms with Crippen LogP contribution >= 0.6 is 0 Å². The Morgan fingerprint density at radius 2 is 1.86 bits per heavy atom. The molecule has 9 heteroatoms. The molecule has 1 atom stereocenters. The van der Waals surface area contributed by atoms with Crippen LogP contribution in [0.1, 0.15) is 61.9 Å². The number of carbonyl (C=O) groups is 2. The third-order valence-corrected chi connectivity index (χ3v) is 8.39. The Morgan fingerprint density at radius 3 is 2.60 bits per heavy atom. The van der Waals surface area contributed by atoms with Crippen LogP contribution in [0.5, 0.6) is 5.75 Å². The first kappa shape index (κ1) is 30.3. The topological polar surface area (TPSA) is 94.1 Å². The van der Waals surface area contributed by atoms with Gasteiger partial charge in [-0.15, -0.1) is 0 Å². The Kier molecular flexibility index (Phi) is 8.36. The zero-order chi connectivity index (χ0) is 30.9. The number of hydrogen-bond donors (Lipinski definition) is 0. The minimum absolute atomic E-state index is 0.210. The predicted octanol–water partition coefficient (Wildman–Crippen LogP) is 6.02. The molecule has 1 aromatic heterocycles. The van der Waals surface area contributed by atoms with Gasteiger partial charge in [0, 0.05) is 37.9 Å². The molecule has 228 valence electrons. The van der Waals surface area contributed by atoms with E-state index >= 15 is 0 Å². The largest absolute Gasteiger partial charge is 0.488 e. The van der Waals surface area contributed by atoms with E-state index in [9.17, 15) is 9.59 Å². The van der Waals surface area contributed by atoms with Crippen LogP contribution < -0.4 is 9.64 Å². The predicted molar refractivity (Wildman–Crippen MR) is 165 cm³/mol.